The van der Waals surface area contributed by atoms with Crippen LogP contribution in [-0.4, -0.2) is 114 Å². The van der Waals surface area contributed by atoms with Crippen LogP contribution in [0.15, 0.2) is 48.5 Å². The average molecular weight is 741 g/mol. The Kier molecular flexibility index (Phi) is 9.82. The Hall–Kier alpha value is -5.69. The topological polar surface area (TPSA) is 319 Å². The minimum absolute atomic E-state index is 0.00616. The van der Waals surface area contributed by atoms with E-state index < -0.39 is 136 Å². The highest BCUT2D eigenvalue weighted by Crippen LogP contribution is 2.58. The molecule has 282 valence electrons. The molecule has 0 spiro atoms. The number of phenols is 9. The van der Waals surface area contributed by atoms with Crippen molar-refractivity contribution in [3.63, 3.8) is 0 Å². The molecule has 4 aromatic carbocycles. The molecule has 1 fully saturated rings. The molecule has 17 nitrogen and oxygen atoms in total. The number of ether oxygens (including phenoxy) is 2. The molecule has 2 aliphatic rings. The van der Waals surface area contributed by atoms with Crippen molar-refractivity contribution >= 4 is 5.78 Å². The maximum Gasteiger partial charge on any atom is 0.170 e. The number of benzene rings is 4. The highest BCUT2D eigenvalue weighted by molar-refractivity contribution is 6.03. The number of ketones is 1. The molecule has 4 aromatic rings. The molecule has 14 N–H and O–H groups in total. The zero-order valence-electron chi connectivity index (χ0n) is 27.3. The van der Waals surface area contributed by atoms with Gasteiger partial charge >= 0.3 is 0 Å². The highest BCUT2D eigenvalue weighted by atomic mass is 16.5. The third-order valence-electron chi connectivity index (χ3n) is 9.59. The van der Waals surface area contributed by atoms with Gasteiger partial charge in [0.25, 0.3) is 0 Å². The summed E-state index contributed by atoms with van der Waals surface area (Å²) in [5.74, 6) is -9.96. The molecule has 2 aliphatic heterocycles. The molecule has 17 heteroatoms. The Morgan fingerprint density at radius 1 is 0.604 bits per heavy atom. The first-order chi connectivity index (χ1) is 25.0. The summed E-state index contributed by atoms with van der Waals surface area (Å²) in [6.45, 7) is -0.927. The van der Waals surface area contributed by atoms with Crippen molar-refractivity contribution < 1.29 is 85.8 Å². The quantitative estimate of drug-likeness (QED) is 0.0885. The molecule has 8 atom stereocenters. The maximum absolute atomic E-state index is 13.9. The number of aliphatic hydroxyl groups excluding tert-OH is 5. The van der Waals surface area contributed by atoms with Crippen LogP contribution in [0.5, 0.6) is 57.5 Å². The van der Waals surface area contributed by atoms with Gasteiger partial charge in [0.2, 0.25) is 0 Å². The Balaban J connectivity index is 1.59. The Morgan fingerprint density at radius 2 is 1.25 bits per heavy atom. The third kappa shape index (κ3) is 6.39. The number of carbonyl (C=O) groups excluding carboxylic acids is 1. The molecule has 0 amide bonds. The second-order valence-corrected chi connectivity index (χ2v) is 12.9. The first-order valence-electron chi connectivity index (χ1n) is 16.1. The zero-order valence-corrected chi connectivity index (χ0v) is 27.3. The standard InChI is InChI=1S/C36H36O17/c37-11-22-28(45)33(50)34(51)36(53-22)27-30(47)24(17(41)5-2-12-1-4-15(39)18(42)7-12)29(46)26(31(27)48)25-23-20(44)9-14(38)10-21(23)52-35(32(25)49)13-3-6-16(40)19(43)8-13/h1,3-4,6-10,22,25,28,32-40,42-51H,2,5,11H2. The van der Waals surface area contributed by atoms with E-state index in [-0.39, 0.29) is 23.3 Å². The van der Waals surface area contributed by atoms with Crippen LogP contribution >= 0.6 is 0 Å². The van der Waals surface area contributed by atoms with Gasteiger partial charge in [-0.25, -0.2) is 0 Å². The number of aryl methyl sites for hydroxylation is 1. The predicted octanol–water partition coefficient (Wildman–Crippen LogP) is 0.994. The number of Topliss-reactive ketones (excluding diaryl/α,β-unsaturated/α-hetero) is 1. The minimum atomic E-state index is -2.14. The van der Waals surface area contributed by atoms with E-state index in [1.807, 2.05) is 0 Å². The number of carbonyl (C=O) groups is 1. The number of hydrogen-bond acceptors (Lipinski definition) is 17. The van der Waals surface area contributed by atoms with E-state index in [1.165, 1.54) is 24.3 Å². The van der Waals surface area contributed by atoms with Crippen LogP contribution in [0.1, 0.15) is 62.7 Å². The molecule has 53 heavy (non-hydrogen) atoms. The van der Waals surface area contributed by atoms with Gasteiger partial charge in [-0.2, -0.15) is 0 Å². The first-order valence-corrected chi connectivity index (χ1v) is 16.1. The van der Waals surface area contributed by atoms with Crippen LogP contribution in [-0.2, 0) is 11.2 Å². The van der Waals surface area contributed by atoms with E-state index >= 15 is 0 Å². The highest BCUT2D eigenvalue weighted by Gasteiger charge is 2.50. The molecule has 1 saturated heterocycles. The van der Waals surface area contributed by atoms with E-state index in [2.05, 4.69) is 0 Å². The van der Waals surface area contributed by atoms with Crippen LogP contribution < -0.4 is 4.74 Å². The van der Waals surface area contributed by atoms with E-state index in [9.17, 15) is 76.3 Å². The summed E-state index contributed by atoms with van der Waals surface area (Å²) in [5.41, 5.74) is -2.51. The molecule has 0 aromatic heterocycles. The summed E-state index contributed by atoms with van der Waals surface area (Å²) >= 11 is 0. The van der Waals surface area contributed by atoms with E-state index in [0.717, 1.165) is 24.3 Å². The Labute approximate surface area is 298 Å². The predicted molar refractivity (Wildman–Crippen MR) is 177 cm³/mol. The smallest absolute Gasteiger partial charge is 0.170 e. The number of phenolic OH excluding ortho intramolecular Hbond substituents is 9. The number of aromatic hydroxyl groups is 9. The first kappa shape index (κ1) is 37.1. The molecule has 0 bridgehead atoms. The van der Waals surface area contributed by atoms with E-state index in [0.29, 0.717) is 5.56 Å². The maximum atomic E-state index is 13.9. The van der Waals surface area contributed by atoms with Gasteiger partial charge in [-0.1, -0.05) is 12.1 Å². The van der Waals surface area contributed by atoms with Gasteiger partial charge in [0.15, 0.2) is 34.9 Å². The second kappa shape index (κ2) is 14.0. The summed E-state index contributed by atoms with van der Waals surface area (Å²) in [6, 6.07) is 8.94. The summed E-state index contributed by atoms with van der Waals surface area (Å²) < 4.78 is 11.5. The second-order valence-electron chi connectivity index (χ2n) is 12.9. The fourth-order valence-electron chi connectivity index (χ4n) is 6.88. The lowest BCUT2D eigenvalue weighted by Gasteiger charge is -2.41. The normalized spacial score (nSPS) is 25.4. The van der Waals surface area contributed by atoms with Crippen LogP contribution in [0, 0.1) is 0 Å². The number of hydrogen-bond donors (Lipinski definition) is 14. The van der Waals surface area contributed by atoms with Crippen molar-refractivity contribution in [3.05, 3.63) is 81.9 Å². The van der Waals surface area contributed by atoms with Crippen molar-refractivity contribution in [3.8, 4) is 57.5 Å². The lowest BCUT2D eigenvalue weighted by atomic mass is 9.76. The summed E-state index contributed by atoms with van der Waals surface area (Å²) in [5, 5.41) is 150. The monoisotopic (exact) mass is 740 g/mol. The molecule has 0 radical (unpaired) electrons. The number of rotatable bonds is 8. The van der Waals surface area contributed by atoms with E-state index in [1.54, 1.807) is 0 Å². The van der Waals surface area contributed by atoms with Crippen molar-refractivity contribution in [2.24, 2.45) is 0 Å². The fraction of sp³-hybridized carbons (Fsp3) is 0.306. The van der Waals surface area contributed by atoms with Gasteiger partial charge in [0.1, 0.15) is 76.7 Å². The van der Waals surface area contributed by atoms with Gasteiger partial charge in [-0.05, 0) is 41.8 Å². The Bertz CT molecular complexity index is 2060. The number of fused-ring (bicyclic) bond motifs is 1. The summed E-state index contributed by atoms with van der Waals surface area (Å²) in [6.07, 6.45) is -13.8. The number of aliphatic hydroxyl groups is 5. The SMILES string of the molecule is O=C(CCc1ccc(O)c(O)c1)c1c(O)c(C2OC(CO)C(O)C(O)C2O)c(O)c(C2c3c(O)cc(O)cc3OC(c3ccc(O)c(O)c3)C2O)c1O. The van der Waals surface area contributed by atoms with Gasteiger partial charge in [0.05, 0.1) is 18.1 Å². The molecule has 0 aliphatic carbocycles. The molecule has 2 heterocycles. The van der Waals surface area contributed by atoms with Crippen LogP contribution in [0.2, 0.25) is 0 Å². The van der Waals surface area contributed by atoms with Gasteiger partial charge in [-0.15, -0.1) is 0 Å². The molecular formula is C36H36O17. The lowest BCUT2D eigenvalue weighted by Crippen LogP contribution is -2.55. The fourth-order valence-corrected chi connectivity index (χ4v) is 6.88. The summed E-state index contributed by atoms with van der Waals surface area (Å²) in [7, 11) is 0. The lowest BCUT2D eigenvalue weighted by molar-refractivity contribution is -0.232. The zero-order chi connectivity index (χ0) is 38.6. The van der Waals surface area contributed by atoms with Crippen molar-refractivity contribution in [2.75, 3.05) is 6.61 Å². The van der Waals surface area contributed by atoms with Crippen LogP contribution in [0.3, 0.4) is 0 Å². The Morgan fingerprint density at radius 3 is 1.89 bits per heavy atom. The van der Waals surface area contributed by atoms with Gasteiger partial charge in [0, 0.05) is 29.7 Å². The average Bonchev–Trinajstić information content (AvgIpc) is 3.10. The van der Waals surface area contributed by atoms with Crippen molar-refractivity contribution in [2.45, 2.75) is 61.5 Å². The molecular weight excluding hydrogens is 704 g/mol. The molecule has 8 unspecified atom stereocenters. The van der Waals surface area contributed by atoms with Crippen molar-refractivity contribution in [1.82, 2.24) is 0 Å². The largest absolute Gasteiger partial charge is 0.508 e. The van der Waals surface area contributed by atoms with E-state index in [4.69, 9.17) is 9.47 Å². The molecule has 6 rings (SSSR count). The minimum Gasteiger partial charge on any atom is -0.508 e. The summed E-state index contributed by atoms with van der Waals surface area (Å²) in [4.78, 5) is 13.9. The third-order valence-corrected chi connectivity index (χ3v) is 9.59. The van der Waals surface area contributed by atoms with Gasteiger partial charge in [-0.3, -0.25) is 4.79 Å². The van der Waals surface area contributed by atoms with Crippen molar-refractivity contribution in [1.29, 1.82) is 0 Å². The van der Waals surface area contributed by atoms with Crippen LogP contribution in [0.25, 0.3) is 0 Å². The van der Waals surface area contributed by atoms with Crippen LogP contribution in [0.4, 0.5) is 0 Å². The molecule has 0 saturated carbocycles. The van der Waals surface area contributed by atoms with Gasteiger partial charge < -0.3 is 81.0 Å².